The summed E-state index contributed by atoms with van der Waals surface area (Å²) in [7, 11) is 0. The van der Waals surface area contributed by atoms with Gasteiger partial charge in [0.05, 0.1) is 17.8 Å². The summed E-state index contributed by atoms with van der Waals surface area (Å²) >= 11 is 0. The van der Waals surface area contributed by atoms with Crippen molar-refractivity contribution in [2.45, 2.75) is 20.4 Å². The van der Waals surface area contributed by atoms with Crippen LogP contribution in [0.3, 0.4) is 0 Å². The van der Waals surface area contributed by atoms with Gasteiger partial charge in [0.15, 0.2) is 6.29 Å². The van der Waals surface area contributed by atoms with E-state index in [0.717, 1.165) is 29.5 Å². The quantitative estimate of drug-likeness (QED) is 0.737. The molecule has 1 heterocycles. The van der Waals surface area contributed by atoms with Crippen LogP contribution in [0.2, 0.25) is 0 Å². The summed E-state index contributed by atoms with van der Waals surface area (Å²) in [6.45, 7) is 5.42. The molecule has 0 saturated carbocycles. The van der Waals surface area contributed by atoms with E-state index in [-0.39, 0.29) is 0 Å². The molecule has 0 bridgehead atoms. The first kappa shape index (κ1) is 10.7. The maximum Gasteiger partial charge on any atom is 0.166 e. The molecule has 1 aromatic carbocycles. The number of nitrogens with zero attached hydrogens (tertiary/aromatic N) is 1. The van der Waals surface area contributed by atoms with Crippen LogP contribution in [0.15, 0.2) is 24.3 Å². The molecule has 0 aliphatic heterocycles. The number of rotatable bonds is 4. The van der Waals surface area contributed by atoms with Gasteiger partial charge >= 0.3 is 0 Å². The molecule has 0 N–H and O–H groups in total. The van der Waals surface area contributed by atoms with E-state index in [9.17, 15) is 4.79 Å². The lowest BCUT2D eigenvalue weighted by atomic mass is 10.2. The standard InChI is InChI=1S/C13H15NO2/c1-3-14-11(9-15)7-10-5-6-12(16-4-2)8-13(10)14/h5-9H,3-4H2,1-2H3. The number of carbonyl (C=O) groups excluding carboxylic acids is 1. The van der Waals surface area contributed by atoms with Gasteiger partial charge in [-0.2, -0.15) is 0 Å². The van der Waals surface area contributed by atoms with Crippen LogP contribution in [-0.4, -0.2) is 17.5 Å². The molecule has 0 spiro atoms. The van der Waals surface area contributed by atoms with Crippen molar-refractivity contribution in [1.82, 2.24) is 4.57 Å². The minimum absolute atomic E-state index is 0.652. The number of ether oxygens (including phenoxy) is 1. The van der Waals surface area contributed by atoms with E-state index in [1.165, 1.54) is 0 Å². The normalized spacial score (nSPS) is 10.6. The summed E-state index contributed by atoms with van der Waals surface area (Å²) in [6, 6.07) is 7.80. The van der Waals surface area contributed by atoms with Crippen LogP contribution in [0.4, 0.5) is 0 Å². The molecule has 0 aliphatic rings. The van der Waals surface area contributed by atoms with Crippen LogP contribution in [0.25, 0.3) is 10.9 Å². The summed E-state index contributed by atoms with van der Waals surface area (Å²) in [5, 5.41) is 1.08. The molecule has 2 rings (SSSR count). The second kappa shape index (κ2) is 4.39. The lowest BCUT2D eigenvalue weighted by molar-refractivity contribution is 0.111. The van der Waals surface area contributed by atoms with Gasteiger partial charge in [0, 0.05) is 18.0 Å². The summed E-state index contributed by atoms with van der Waals surface area (Å²) in [5.74, 6) is 0.847. The first-order valence-electron chi connectivity index (χ1n) is 5.51. The summed E-state index contributed by atoms with van der Waals surface area (Å²) in [6.07, 6.45) is 0.893. The number of carbonyl (C=O) groups is 1. The summed E-state index contributed by atoms with van der Waals surface area (Å²) in [4.78, 5) is 10.9. The molecule has 0 atom stereocenters. The molecular formula is C13H15NO2. The smallest absolute Gasteiger partial charge is 0.166 e. The molecule has 1 aromatic heterocycles. The number of benzene rings is 1. The fourth-order valence-electron chi connectivity index (χ4n) is 1.96. The molecule has 3 nitrogen and oxygen atoms in total. The Morgan fingerprint density at radius 2 is 2.12 bits per heavy atom. The third-order valence-electron chi connectivity index (χ3n) is 2.66. The number of aldehydes is 1. The SMILES string of the molecule is CCOc1ccc2cc(C=O)n(CC)c2c1. The second-order valence-electron chi connectivity index (χ2n) is 3.58. The molecular weight excluding hydrogens is 202 g/mol. The molecule has 0 fully saturated rings. The Morgan fingerprint density at radius 3 is 2.75 bits per heavy atom. The van der Waals surface area contributed by atoms with Crippen molar-refractivity contribution in [3.05, 3.63) is 30.0 Å². The Hall–Kier alpha value is -1.77. The van der Waals surface area contributed by atoms with E-state index < -0.39 is 0 Å². The number of hydrogen-bond acceptors (Lipinski definition) is 2. The van der Waals surface area contributed by atoms with Gasteiger partial charge in [-0.1, -0.05) is 0 Å². The Kier molecular flexibility index (Phi) is 2.95. The first-order valence-corrected chi connectivity index (χ1v) is 5.51. The zero-order chi connectivity index (χ0) is 11.5. The van der Waals surface area contributed by atoms with Gasteiger partial charge in [-0.3, -0.25) is 4.79 Å². The van der Waals surface area contributed by atoms with E-state index in [1.54, 1.807) is 0 Å². The van der Waals surface area contributed by atoms with E-state index in [1.807, 2.05) is 42.7 Å². The van der Waals surface area contributed by atoms with Gasteiger partial charge in [0.2, 0.25) is 0 Å². The van der Waals surface area contributed by atoms with Gasteiger partial charge in [0.1, 0.15) is 5.75 Å². The second-order valence-corrected chi connectivity index (χ2v) is 3.58. The van der Waals surface area contributed by atoms with E-state index in [4.69, 9.17) is 4.74 Å². The molecule has 3 heteroatoms. The molecule has 0 aliphatic carbocycles. The van der Waals surface area contributed by atoms with E-state index >= 15 is 0 Å². The van der Waals surface area contributed by atoms with Gasteiger partial charge in [-0.05, 0) is 32.0 Å². The molecule has 0 radical (unpaired) electrons. The van der Waals surface area contributed by atoms with Crippen LogP contribution in [-0.2, 0) is 6.54 Å². The number of hydrogen-bond donors (Lipinski definition) is 0. The van der Waals surface area contributed by atoms with E-state index in [2.05, 4.69) is 0 Å². The predicted molar refractivity (Wildman–Crippen MR) is 64.2 cm³/mol. The summed E-state index contributed by atoms with van der Waals surface area (Å²) in [5.41, 5.74) is 1.77. The highest BCUT2D eigenvalue weighted by Gasteiger charge is 2.07. The minimum atomic E-state index is 0.652. The van der Waals surface area contributed by atoms with Crippen molar-refractivity contribution in [2.75, 3.05) is 6.61 Å². The van der Waals surface area contributed by atoms with Crippen LogP contribution in [0.1, 0.15) is 24.3 Å². The Labute approximate surface area is 94.6 Å². The Balaban J connectivity index is 2.60. The zero-order valence-corrected chi connectivity index (χ0v) is 9.56. The van der Waals surface area contributed by atoms with Crippen molar-refractivity contribution in [3.63, 3.8) is 0 Å². The molecule has 0 saturated heterocycles. The predicted octanol–water partition coefficient (Wildman–Crippen LogP) is 2.87. The maximum atomic E-state index is 10.9. The highest BCUT2D eigenvalue weighted by atomic mass is 16.5. The number of fused-ring (bicyclic) bond motifs is 1. The van der Waals surface area contributed by atoms with Crippen molar-refractivity contribution < 1.29 is 9.53 Å². The largest absolute Gasteiger partial charge is 0.494 e. The third-order valence-corrected chi connectivity index (χ3v) is 2.66. The molecule has 2 aromatic rings. The average molecular weight is 217 g/mol. The fraction of sp³-hybridized carbons (Fsp3) is 0.308. The van der Waals surface area contributed by atoms with Crippen LogP contribution >= 0.6 is 0 Å². The van der Waals surface area contributed by atoms with E-state index in [0.29, 0.717) is 12.3 Å². The zero-order valence-electron chi connectivity index (χ0n) is 9.56. The van der Waals surface area contributed by atoms with Crippen molar-refractivity contribution in [3.8, 4) is 5.75 Å². The molecule has 84 valence electrons. The van der Waals surface area contributed by atoms with Crippen LogP contribution < -0.4 is 4.74 Å². The van der Waals surface area contributed by atoms with Crippen LogP contribution in [0.5, 0.6) is 5.75 Å². The topological polar surface area (TPSA) is 31.2 Å². The van der Waals surface area contributed by atoms with Gasteiger partial charge < -0.3 is 9.30 Å². The first-order chi connectivity index (χ1) is 7.80. The van der Waals surface area contributed by atoms with Gasteiger partial charge in [-0.25, -0.2) is 0 Å². The molecule has 16 heavy (non-hydrogen) atoms. The molecule has 0 unspecified atom stereocenters. The lowest BCUT2D eigenvalue weighted by Crippen LogP contribution is -1.99. The highest BCUT2D eigenvalue weighted by Crippen LogP contribution is 2.24. The fourth-order valence-corrected chi connectivity index (χ4v) is 1.96. The van der Waals surface area contributed by atoms with Crippen LogP contribution in [0, 0.1) is 0 Å². The maximum absolute atomic E-state index is 10.9. The Morgan fingerprint density at radius 1 is 1.31 bits per heavy atom. The summed E-state index contributed by atoms with van der Waals surface area (Å²) < 4.78 is 7.45. The number of aryl methyl sites for hydroxylation is 1. The van der Waals surface area contributed by atoms with Gasteiger partial charge in [-0.15, -0.1) is 0 Å². The third kappa shape index (κ3) is 1.69. The number of aromatic nitrogens is 1. The van der Waals surface area contributed by atoms with Crippen molar-refractivity contribution in [1.29, 1.82) is 0 Å². The Bertz CT molecular complexity index is 514. The van der Waals surface area contributed by atoms with Gasteiger partial charge in [0.25, 0.3) is 0 Å². The molecule has 0 amide bonds. The average Bonchev–Trinajstić information content (AvgIpc) is 2.66. The highest BCUT2D eigenvalue weighted by molar-refractivity contribution is 5.89. The lowest BCUT2D eigenvalue weighted by Gasteiger charge is -2.06. The monoisotopic (exact) mass is 217 g/mol. The van der Waals surface area contributed by atoms with Crippen molar-refractivity contribution in [2.24, 2.45) is 0 Å². The van der Waals surface area contributed by atoms with Crippen molar-refractivity contribution >= 4 is 17.2 Å². The minimum Gasteiger partial charge on any atom is -0.494 e.